The number of aromatic nitrogens is 2. The van der Waals surface area contributed by atoms with Gasteiger partial charge in [0.15, 0.2) is 0 Å². The molecule has 0 amide bonds. The van der Waals surface area contributed by atoms with Gasteiger partial charge in [0.05, 0.1) is 6.04 Å². The maximum atomic E-state index is 6.11. The van der Waals surface area contributed by atoms with Crippen LogP contribution in [0.15, 0.2) is 28.8 Å². The smallest absolute Gasteiger partial charge is 0.244 e. The lowest BCUT2D eigenvalue weighted by Gasteiger charge is -2.23. The van der Waals surface area contributed by atoms with Crippen LogP contribution in [0.4, 0.5) is 0 Å². The van der Waals surface area contributed by atoms with E-state index < -0.39 is 0 Å². The molecule has 0 saturated heterocycles. The van der Waals surface area contributed by atoms with E-state index in [9.17, 15) is 0 Å². The summed E-state index contributed by atoms with van der Waals surface area (Å²) in [6.07, 6.45) is 0. The van der Waals surface area contributed by atoms with Crippen LogP contribution in [0.5, 0.6) is 0 Å². The SMILES string of the molecule is Cc1ccccc1-c1noc([C@@H](N)C(C)(C)C)n1. The molecule has 0 aliphatic rings. The fraction of sp³-hybridized carbons (Fsp3) is 0.429. The molecule has 0 spiro atoms. The van der Waals surface area contributed by atoms with Gasteiger partial charge in [0, 0.05) is 5.56 Å². The van der Waals surface area contributed by atoms with Gasteiger partial charge in [0.25, 0.3) is 0 Å². The van der Waals surface area contributed by atoms with Gasteiger partial charge in [-0.05, 0) is 17.9 Å². The highest BCUT2D eigenvalue weighted by molar-refractivity contribution is 5.58. The minimum absolute atomic E-state index is 0.102. The normalized spacial score (nSPS) is 13.6. The van der Waals surface area contributed by atoms with Crippen LogP contribution in [0.2, 0.25) is 0 Å². The van der Waals surface area contributed by atoms with Crippen LogP contribution >= 0.6 is 0 Å². The molecule has 18 heavy (non-hydrogen) atoms. The Hall–Kier alpha value is -1.68. The third-order valence-electron chi connectivity index (χ3n) is 3.03. The van der Waals surface area contributed by atoms with E-state index in [2.05, 4.69) is 30.9 Å². The predicted molar refractivity (Wildman–Crippen MR) is 70.9 cm³/mol. The van der Waals surface area contributed by atoms with Gasteiger partial charge in [-0.3, -0.25) is 0 Å². The van der Waals surface area contributed by atoms with E-state index in [4.69, 9.17) is 10.3 Å². The van der Waals surface area contributed by atoms with Gasteiger partial charge in [-0.25, -0.2) is 0 Å². The molecule has 1 heterocycles. The summed E-state index contributed by atoms with van der Waals surface area (Å²) in [6.45, 7) is 8.18. The maximum absolute atomic E-state index is 6.11. The lowest BCUT2D eigenvalue weighted by molar-refractivity contribution is 0.253. The molecule has 2 N–H and O–H groups in total. The molecule has 4 heteroatoms. The van der Waals surface area contributed by atoms with Gasteiger partial charge in [-0.15, -0.1) is 0 Å². The second-order valence-electron chi connectivity index (χ2n) is 5.61. The molecule has 0 fully saturated rings. The molecule has 0 aliphatic heterocycles. The Morgan fingerprint density at radius 3 is 2.50 bits per heavy atom. The average molecular weight is 245 g/mol. The number of benzene rings is 1. The first-order valence-electron chi connectivity index (χ1n) is 6.05. The zero-order chi connectivity index (χ0) is 13.3. The van der Waals surface area contributed by atoms with E-state index in [-0.39, 0.29) is 11.5 Å². The average Bonchev–Trinajstić information content (AvgIpc) is 2.76. The molecule has 2 rings (SSSR count). The number of nitrogens with two attached hydrogens (primary N) is 1. The summed E-state index contributed by atoms with van der Waals surface area (Å²) in [5.41, 5.74) is 8.10. The van der Waals surface area contributed by atoms with Crippen molar-refractivity contribution in [2.24, 2.45) is 11.1 Å². The zero-order valence-electron chi connectivity index (χ0n) is 11.3. The zero-order valence-corrected chi connectivity index (χ0v) is 11.3. The minimum Gasteiger partial charge on any atom is -0.337 e. The van der Waals surface area contributed by atoms with Crippen molar-refractivity contribution in [1.29, 1.82) is 0 Å². The van der Waals surface area contributed by atoms with Crippen LogP contribution in [0, 0.1) is 12.3 Å². The third-order valence-corrected chi connectivity index (χ3v) is 3.03. The first-order valence-corrected chi connectivity index (χ1v) is 6.05. The highest BCUT2D eigenvalue weighted by Crippen LogP contribution is 2.30. The fourth-order valence-corrected chi connectivity index (χ4v) is 1.67. The van der Waals surface area contributed by atoms with Gasteiger partial charge in [-0.1, -0.05) is 50.2 Å². The second-order valence-corrected chi connectivity index (χ2v) is 5.61. The van der Waals surface area contributed by atoms with E-state index in [1.165, 1.54) is 0 Å². The van der Waals surface area contributed by atoms with Crippen LogP contribution in [0.1, 0.15) is 38.3 Å². The predicted octanol–water partition coefficient (Wildman–Crippen LogP) is 3.09. The van der Waals surface area contributed by atoms with Crippen LogP contribution in [-0.4, -0.2) is 10.1 Å². The largest absolute Gasteiger partial charge is 0.337 e. The molecule has 1 aromatic carbocycles. The summed E-state index contributed by atoms with van der Waals surface area (Å²) in [7, 11) is 0. The first kappa shape index (κ1) is 12.8. The van der Waals surface area contributed by atoms with Gasteiger partial charge < -0.3 is 10.3 Å². The summed E-state index contributed by atoms with van der Waals surface area (Å²) in [5.74, 6) is 1.09. The summed E-state index contributed by atoms with van der Waals surface area (Å²) in [4.78, 5) is 4.40. The standard InChI is InChI=1S/C14H19N3O/c1-9-7-5-6-8-10(9)12-16-13(18-17-12)11(15)14(2,3)4/h5-8,11H,15H2,1-4H3/t11-/m1/s1. The van der Waals surface area contributed by atoms with E-state index in [1.54, 1.807) is 0 Å². The Labute approximate surface area is 107 Å². The Balaban J connectivity index is 2.35. The van der Waals surface area contributed by atoms with Gasteiger partial charge in [0.2, 0.25) is 11.7 Å². The molecule has 0 unspecified atom stereocenters. The quantitative estimate of drug-likeness (QED) is 0.883. The monoisotopic (exact) mass is 245 g/mol. The number of rotatable bonds is 2. The highest BCUT2D eigenvalue weighted by Gasteiger charge is 2.27. The van der Waals surface area contributed by atoms with E-state index in [0.717, 1.165) is 11.1 Å². The molecule has 2 aromatic rings. The fourth-order valence-electron chi connectivity index (χ4n) is 1.67. The molecule has 0 bridgehead atoms. The van der Waals surface area contributed by atoms with Gasteiger partial charge in [-0.2, -0.15) is 4.98 Å². The topological polar surface area (TPSA) is 64.9 Å². The number of hydrogen-bond acceptors (Lipinski definition) is 4. The third kappa shape index (κ3) is 2.43. The molecule has 96 valence electrons. The van der Waals surface area contributed by atoms with E-state index >= 15 is 0 Å². The van der Waals surface area contributed by atoms with Gasteiger partial charge >= 0.3 is 0 Å². The highest BCUT2D eigenvalue weighted by atomic mass is 16.5. The number of aryl methyl sites for hydroxylation is 1. The molecule has 1 atom stereocenters. The summed E-state index contributed by atoms with van der Waals surface area (Å²) < 4.78 is 5.28. The summed E-state index contributed by atoms with van der Waals surface area (Å²) in [5, 5.41) is 4.02. The van der Waals surface area contributed by atoms with Crippen molar-refractivity contribution in [1.82, 2.24) is 10.1 Å². The van der Waals surface area contributed by atoms with Crippen LogP contribution < -0.4 is 5.73 Å². The summed E-state index contributed by atoms with van der Waals surface area (Å²) >= 11 is 0. The molecule has 0 saturated carbocycles. The first-order chi connectivity index (χ1) is 8.39. The van der Waals surface area contributed by atoms with Crippen molar-refractivity contribution in [2.75, 3.05) is 0 Å². The second kappa shape index (κ2) is 4.53. The van der Waals surface area contributed by atoms with Crippen molar-refractivity contribution < 1.29 is 4.52 Å². The molecular formula is C14H19N3O. The lowest BCUT2D eigenvalue weighted by Crippen LogP contribution is -2.26. The van der Waals surface area contributed by atoms with Crippen LogP contribution in [0.3, 0.4) is 0 Å². The molecule has 0 aliphatic carbocycles. The van der Waals surface area contributed by atoms with E-state index in [0.29, 0.717) is 11.7 Å². The Morgan fingerprint density at radius 2 is 1.89 bits per heavy atom. The van der Waals surface area contributed by atoms with Crippen molar-refractivity contribution in [3.05, 3.63) is 35.7 Å². The molecule has 1 aromatic heterocycles. The molecule has 0 radical (unpaired) electrons. The Morgan fingerprint density at radius 1 is 1.22 bits per heavy atom. The summed E-state index contributed by atoms with van der Waals surface area (Å²) in [6, 6.07) is 7.69. The number of hydrogen-bond donors (Lipinski definition) is 1. The van der Waals surface area contributed by atoms with E-state index in [1.807, 2.05) is 31.2 Å². The van der Waals surface area contributed by atoms with Gasteiger partial charge in [0.1, 0.15) is 0 Å². The number of nitrogens with zero attached hydrogens (tertiary/aromatic N) is 2. The van der Waals surface area contributed by atoms with Crippen molar-refractivity contribution in [2.45, 2.75) is 33.7 Å². The van der Waals surface area contributed by atoms with Crippen LogP contribution in [-0.2, 0) is 0 Å². The molecule has 4 nitrogen and oxygen atoms in total. The van der Waals surface area contributed by atoms with Crippen molar-refractivity contribution >= 4 is 0 Å². The van der Waals surface area contributed by atoms with Crippen molar-refractivity contribution in [3.63, 3.8) is 0 Å². The maximum Gasteiger partial charge on any atom is 0.244 e. The van der Waals surface area contributed by atoms with Crippen LogP contribution in [0.25, 0.3) is 11.4 Å². The lowest BCUT2D eigenvalue weighted by atomic mass is 9.87. The Kier molecular flexibility index (Phi) is 3.22. The van der Waals surface area contributed by atoms with Crippen molar-refractivity contribution in [3.8, 4) is 11.4 Å². The Bertz CT molecular complexity index is 540. The minimum atomic E-state index is -0.261. The molecular weight excluding hydrogens is 226 g/mol.